The van der Waals surface area contributed by atoms with Crippen molar-refractivity contribution in [2.45, 2.75) is 0 Å². The molecule has 10 aromatic carbocycles. The highest BCUT2D eigenvalue weighted by Gasteiger charge is 2.22. The molecule has 0 fully saturated rings. The summed E-state index contributed by atoms with van der Waals surface area (Å²) in [6, 6.07) is -24.1. The Kier molecular flexibility index (Phi) is 2.66. The molecular formula is C50H30S. The van der Waals surface area contributed by atoms with E-state index >= 15 is 0 Å². The van der Waals surface area contributed by atoms with Crippen LogP contribution in [-0.4, -0.2) is 0 Å². The van der Waals surface area contributed by atoms with Crippen LogP contribution in [-0.2, 0) is 0 Å². The van der Waals surface area contributed by atoms with Gasteiger partial charge in [0.25, 0.3) is 0 Å². The van der Waals surface area contributed by atoms with Crippen LogP contribution in [0.15, 0.2) is 181 Å². The normalized spacial score (nSPS) is 19.9. The lowest BCUT2D eigenvalue weighted by Gasteiger charge is -2.19. The molecule has 0 saturated heterocycles. The van der Waals surface area contributed by atoms with E-state index in [1.54, 1.807) is 0 Å². The van der Waals surface area contributed by atoms with Gasteiger partial charge in [-0.2, -0.15) is 0 Å². The molecule has 1 heterocycles. The van der Waals surface area contributed by atoms with E-state index in [4.69, 9.17) is 23.3 Å². The quantitative estimate of drug-likeness (QED) is 0.162. The Morgan fingerprint density at radius 2 is 0.902 bits per heavy atom. The number of rotatable bonds is 3. The van der Waals surface area contributed by atoms with Crippen LogP contribution < -0.4 is 0 Å². The second kappa shape index (κ2) is 11.1. The summed E-state index contributed by atoms with van der Waals surface area (Å²) in [5.41, 5.74) is -4.29. The van der Waals surface area contributed by atoms with Crippen molar-refractivity contribution in [3.63, 3.8) is 0 Å². The molecule has 1 heteroatoms. The summed E-state index contributed by atoms with van der Waals surface area (Å²) in [6.07, 6.45) is 0. The van der Waals surface area contributed by atoms with Crippen LogP contribution in [0.25, 0.3) is 107 Å². The van der Waals surface area contributed by atoms with E-state index < -0.39 is 246 Å². The number of hydrogen-bond donors (Lipinski definition) is 0. The van der Waals surface area contributed by atoms with Crippen molar-refractivity contribution >= 4 is 85.4 Å². The number of benzene rings is 10. The summed E-state index contributed by atoms with van der Waals surface area (Å²) >= 11 is 0.626. The van der Waals surface area contributed by atoms with E-state index in [1.807, 2.05) is 0 Å². The maximum Gasteiger partial charge on any atom is 0.0638 e. The first kappa shape index (κ1) is 12.2. The van der Waals surface area contributed by atoms with Crippen LogP contribution in [0, 0.1) is 0 Å². The maximum atomic E-state index is 10.1. The SMILES string of the molecule is [2H]c1cc([2H])c2c(c1[2H])c([2H])c([2H])c1sc3c(-c4c5c([2H])c([2H])c([2H])c([2H])c5c(-c5c([2H])c([2H])c(-c6c([2H])c([2H])c([2H])c7c([2H])c([2H])c([2H])c([2H])c67)c([2H])c5[2H])c5c([2H])c([2H])c([2H])c([2H])c45)c([2H])c4c([2H])c([2H])c([2H])c([2H])c4c3c12. The molecule has 236 valence electrons. The van der Waals surface area contributed by atoms with Gasteiger partial charge in [0.2, 0.25) is 0 Å². The highest BCUT2D eigenvalue weighted by atomic mass is 32.1. The van der Waals surface area contributed by atoms with Gasteiger partial charge in [-0.25, -0.2) is 0 Å². The van der Waals surface area contributed by atoms with Gasteiger partial charge in [0.15, 0.2) is 0 Å². The summed E-state index contributed by atoms with van der Waals surface area (Å²) in [6.45, 7) is 0. The lowest BCUT2D eigenvalue weighted by Crippen LogP contribution is -1.91. The van der Waals surface area contributed by atoms with E-state index in [1.165, 1.54) is 0 Å². The van der Waals surface area contributed by atoms with Crippen molar-refractivity contribution in [3.05, 3.63) is 181 Å². The highest BCUT2D eigenvalue weighted by molar-refractivity contribution is 7.26. The van der Waals surface area contributed by atoms with E-state index in [-0.39, 0.29) is 36.3 Å². The second-order valence-electron chi connectivity index (χ2n) is 11.3. The Labute approximate surface area is 340 Å². The maximum absolute atomic E-state index is 10.1. The third-order valence-electron chi connectivity index (χ3n) is 8.67. The van der Waals surface area contributed by atoms with Crippen LogP contribution >= 0.6 is 11.3 Å². The first-order valence-corrected chi connectivity index (χ1v) is 16.1. The van der Waals surface area contributed by atoms with Crippen molar-refractivity contribution < 1.29 is 39.8 Å². The van der Waals surface area contributed by atoms with E-state index in [2.05, 4.69) is 0 Å². The molecule has 0 nitrogen and oxygen atoms in total. The fourth-order valence-corrected chi connectivity index (χ4v) is 7.75. The molecule has 0 aliphatic heterocycles. The summed E-state index contributed by atoms with van der Waals surface area (Å²) in [5, 5.41) is -5.94. The monoisotopic (exact) mass is 691 g/mol. The topological polar surface area (TPSA) is 0 Å². The lowest BCUT2D eigenvalue weighted by atomic mass is 9.84. The van der Waals surface area contributed by atoms with E-state index in [9.17, 15) is 16.4 Å². The summed E-state index contributed by atoms with van der Waals surface area (Å²) in [7, 11) is 0. The number of thiophene rings is 1. The predicted molar refractivity (Wildman–Crippen MR) is 223 cm³/mol. The Bertz CT molecular complexity index is 4750. The molecule has 0 amide bonds. The van der Waals surface area contributed by atoms with Gasteiger partial charge in [-0.1, -0.05) is 169 Å². The fourth-order valence-electron chi connectivity index (χ4n) is 6.57. The average molecular weight is 692 g/mol. The lowest BCUT2D eigenvalue weighted by molar-refractivity contribution is 1.63. The Morgan fingerprint density at radius 3 is 1.65 bits per heavy atom. The number of hydrogen-bond acceptors (Lipinski definition) is 1. The molecule has 11 aromatic rings. The first-order valence-electron chi connectivity index (χ1n) is 29.7. The van der Waals surface area contributed by atoms with Gasteiger partial charge in [0.1, 0.15) is 0 Å². The minimum atomic E-state index is -1.10. The van der Waals surface area contributed by atoms with Gasteiger partial charge in [-0.05, 0) is 93.8 Å². The molecule has 0 radical (unpaired) electrons. The predicted octanol–water partition coefficient (Wildman–Crippen LogP) is 14.8. The molecule has 51 heavy (non-hydrogen) atoms. The zero-order valence-corrected chi connectivity index (χ0v) is 26.3. The molecule has 0 atom stereocenters. The molecule has 0 saturated carbocycles. The van der Waals surface area contributed by atoms with Crippen molar-refractivity contribution in [1.29, 1.82) is 0 Å². The van der Waals surface area contributed by atoms with Crippen molar-refractivity contribution in [1.82, 2.24) is 0 Å². The summed E-state index contributed by atoms with van der Waals surface area (Å²) < 4.78 is 264. The van der Waals surface area contributed by atoms with E-state index in [0.717, 1.165) is 6.07 Å². The van der Waals surface area contributed by atoms with Gasteiger partial charge in [0, 0.05) is 25.7 Å². The highest BCUT2D eigenvalue weighted by Crippen LogP contribution is 2.51. The summed E-state index contributed by atoms with van der Waals surface area (Å²) in [5.74, 6) is 0. The van der Waals surface area contributed by atoms with E-state index in [0.29, 0.717) is 11.3 Å². The van der Waals surface area contributed by atoms with Crippen LogP contribution in [0.5, 0.6) is 0 Å². The summed E-state index contributed by atoms with van der Waals surface area (Å²) in [4.78, 5) is 0. The third-order valence-corrected chi connectivity index (χ3v) is 9.79. The molecule has 0 aliphatic rings. The van der Waals surface area contributed by atoms with Crippen molar-refractivity contribution in [3.8, 4) is 33.4 Å². The Morgan fingerprint density at radius 1 is 0.353 bits per heavy atom. The van der Waals surface area contributed by atoms with Gasteiger partial charge in [-0.3, -0.25) is 0 Å². The molecule has 1 aromatic heterocycles. The zero-order chi connectivity index (χ0) is 58.7. The molecule has 0 bridgehead atoms. The third kappa shape index (κ3) is 4.26. The Balaban J connectivity index is 1.45. The minimum Gasteiger partial charge on any atom is -0.134 e. The molecule has 11 rings (SSSR count). The molecule has 0 unspecified atom stereocenters. The average Bonchev–Trinajstić information content (AvgIpc) is 3.08. The number of fused-ring (bicyclic) bond motifs is 10. The molecule has 0 spiro atoms. The van der Waals surface area contributed by atoms with Gasteiger partial charge < -0.3 is 0 Å². The van der Waals surface area contributed by atoms with Gasteiger partial charge >= 0.3 is 0 Å². The zero-order valence-electron chi connectivity index (χ0n) is 54.5. The van der Waals surface area contributed by atoms with Gasteiger partial charge in [-0.15, -0.1) is 11.3 Å². The smallest absolute Gasteiger partial charge is 0.0638 e. The van der Waals surface area contributed by atoms with Crippen LogP contribution in [0.2, 0.25) is 0 Å². The van der Waals surface area contributed by atoms with Crippen LogP contribution in [0.3, 0.4) is 0 Å². The standard InChI is InChI=1S/C50H30S/c1-4-16-36-31(12-1)15-11-23-37(36)33-24-26-34(27-25-33)46-40-19-7-9-21-42(40)47(43-22-10-8-20-41(43)46)44-30-35-14-3-6-18-39(35)49-48-38-17-5-2-13-32(38)28-29-45(48)51-50(44)49/h1-30H/i1D,2D,3D,4D,6D,7D,8D,9D,10D,11D,12D,13D,14D,15D,16D,17D,18D,19D,20D,21D,22D,23D,24D,25D,26D,27D,28D,29D,30D. The van der Waals surface area contributed by atoms with Crippen molar-refractivity contribution in [2.75, 3.05) is 0 Å². The first-order chi connectivity index (χ1) is 37.4. The fraction of sp³-hybridized carbons (Fsp3) is 0. The van der Waals surface area contributed by atoms with Crippen LogP contribution in [0.4, 0.5) is 0 Å². The second-order valence-corrected chi connectivity index (χ2v) is 12.3. The van der Waals surface area contributed by atoms with Gasteiger partial charge in [0.05, 0.1) is 39.8 Å². The minimum absolute atomic E-state index is 0.150. The van der Waals surface area contributed by atoms with Crippen molar-refractivity contribution in [2.24, 2.45) is 0 Å². The van der Waals surface area contributed by atoms with Crippen LogP contribution in [0.1, 0.15) is 39.8 Å². The molecular weight excluding hydrogens is 633 g/mol. The molecule has 0 aliphatic carbocycles. The molecule has 0 N–H and O–H groups in total. The Hall–Kier alpha value is -6.28. The largest absolute Gasteiger partial charge is 0.134 e.